The lowest BCUT2D eigenvalue weighted by Crippen LogP contribution is -2.28. The molecule has 0 fully saturated rings. The molecule has 0 bridgehead atoms. The van der Waals surface area contributed by atoms with E-state index in [1.54, 1.807) is 6.07 Å². The van der Waals surface area contributed by atoms with E-state index in [-0.39, 0.29) is 17.7 Å². The number of amides is 1. The standard InChI is InChI=1S/C16H11F3N2O2/c17-9-5-6-13(12(19)7-9)20-16(22)15-8-14(21-23-15)10-3-1-2-4-11(10)18/h1-7,15H,8H2,(H,20,22)/t15-/m1/s1. The van der Waals surface area contributed by atoms with Crippen molar-refractivity contribution >= 4 is 17.3 Å². The Labute approximate surface area is 129 Å². The summed E-state index contributed by atoms with van der Waals surface area (Å²) in [4.78, 5) is 17.0. The average Bonchev–Trinajstić information content (AvgIpc) is 3.00. The maximum absolute atomic E-state index is 13.7. The maximum atomic E-state index is 13.7. The highest BCUT2D eigenvalue weighted by atomic mass is 19.1. The number of anilines is 1. The molecule has 1 atom stereocenters. The molecule has 2 aromatic carbocycles. The van der Waals surface area contributed by atoms with E-state index in [1.807, 2.05) is 0 Å². The highest BCUT2D eigenvalue weighted by Crippen LogP contribution is 2.21. The second kappa shape index (κ2) is 6.12. The van der Waals surface area contributed by atoms with Crippen molar-refractivity contribution in [3.63, 3.8) is 0 Å². The second-order valence-electron chi connectivity index (χ2n) is 4.93. The van der Waals surface area contributed by atoms with Crippen molar-refractivity contribution in [3.8, 4) is 0 Å². The number of halogens is 3. The van der Waals surface area contributed by atoms with Gasteiger partial charge in [0.15, 0.2) is 0 Å². The van der Waals surface area contributed by atoms with Crippen molar-refractivity contribution in [1.29, 1.82) is 0 Å². The number of rotatable bonds is 3. The first-order valence-corrected chi connectivity index (χ1v) is 6.78. The van der Waals surface area contributed by atoms with Crippen LogP contribution in [0.5, 0.6) is 0 Å². The third-order valence-electron chi connectivity index (χ3n) is 3.34. The van der Waals surface area contributed by atoms with Crippen LogP contribution >= 0.6 is 0 Å². The predicted octanol–water partition coefficient (Wildman–Crippen LogP) is 3.24. The molecule has 1 heterocycles. The van der Waals surface area contributed by atoms with Crippen LogP contribution in [0.25, 0.3) is 0 Å². The SMILES string of the molecule is O=C(Nc1ccc(F)cc1F)[C@H]1CC(c2ccccc2F)=NO1. The van der Waals surface area contributed by atoms with Gasteiger partial charge in [0.1, 0.15) is 17.5 Å². The Morgan fingerprint density at radius 3 is 2.65 bits per heavy atom. The summed E-state index contributed by atoms with van der Waals surface area (Å²) in [5, 5.41) is 6.00. The first kappa shape index (κ1) is 15.1. The van der Waals surface area contributed by atoms with Crippen LogP contribution in [0.2, 0.25) is 0 Å². The highest BCUT2D eigenvalue weighted by Gasteiger charge is 2.30. The normalized spacial score (nSPS) is 16.7. The Hall–Kier alpha value is -2.83. The lowest BCUT2D eigenvalue weighted by molar-refractivity contribution is -0.125. The summed E-state index contributed by atoms with van der Waals surface area (Å²) in [5.74, 6) is -2.76. The number of oxime groups is 1. The van der Waals surface area contributed by atoms with Crippen LogP contribution in [0.3, 0.4) is 0 Å². The van der Waals surface area contributed by atoms with Crippen LogP contribution in [0.4, 0.5) is 18.9 Å². The molecule has 1 N–H and O–H groups in total. The topological polar surface area (TPSA) is 50.7 Å². The zero-order valence-corrected chi connectivity index (χ0v) is 11.7. The fraction of sp³-hybridized carbons (Fsp3) is 0.125. The van der Waals surface area contributed by atoms with E-state index in [0.29, 0.717) is 11.8 Å². The highest BCUT2D eigenvalue weighted by molar-refractivity contribution is 6.06. The van der Waals surface area contributed by atoms with Crippen molar-refractivity contribution in [2.45, 2.75) is 12.5 Å². The maximum Gasteiger partial charge on any atom is 0.268 e. The number of nitrogens with one attached hydrogen (secondary N) is 1. The lowest BCUT2D eigenvalue weighted by Gasteiger charge is -2.10. The van der Waals surface area contributed by atoms with Gasteiger partial charge in [0.05, 0.1) is 11.4 Å². The molecule has 1 amide bonds. The van der Waals surface area contributed by atoms with Crippen LogP contribution in [0.1, 0.15) is 12.0 Å². The summed E-state index contributed by atoms with van der Waals surface area (Å²) in [6.45, 7) is 0. The van der Waals surface area contributed by atoms with Gasteiger partial charge in [0, 0.05) is 18.1 Å². The number of hydrogen-bond donors (Lipinski definition) is 1. The summed E-state index contributed by atoms with van der Waals surface area (Å²) in [6.07, 6.45) is -0.954. The third-order valence-corrected chi connectivity index (χ3v) is 3.34. The number of benzene rings is 2. The minimum atomic E-state index is -1.01. The summed E-state index contributed by atoms with van der Waals surface area (Å²) >= 11 is 0. The summed E-state index contributed by atoms with van der Waals surface area (Å²) < 4.78 is 40.0. The first-order chi connectivity index (χ1) is 11.0. The smallest absolute Gasteiger partial charge is 0.268 e. The molecule has 0 aromatic heterocycles. The summed E-state index contributed by atoms with van der Waals surface area (Å²) in [5.41, 5.74) is 0.373. The van der Waals surface area contributed by atoms with Crippen molar-refractivity contribution in [3.05, 3.63) is 65.5 Å². The largest absolute Gasteiger partial charge is 0.382 e. The molecule has 0 unspecified atom stereocenters. The minimum absolute atomic E-state index is 0.0512. The van der Waals surface area contributed by atoms with Gasteiger partial charge in [0.25, 0.3) is 5.91 Å². The molecular formula is C16H11F3N2O2. The molecule has 1 aliphatic rings. The van der Waals surface area contributed by atoms with Gasteiger partial charge in [0.2, 0.25) is 6.10 Å². The van der Waals surface area contributed by atoms with E-state index >= 15 is 0 Å². The Kier molecular flexibility index (Phi) is 4.01. The van der Waals surface area contributed by atoms with Gasteiger partial charge in [-0.15, -0.1) is 0 Å². The molecule has 1 aliphatic heterocycles. The number of carbonyl (C=O) groups excluding carboxylic acids is 1. The van der Waals surface area contributed by atoms with Crippen LogP contribution < -0.4 is 5.32 Å². The van der Waals surface area contributed by atoms with Gasteiger partial charge in [-0.25, -0.2) is 13.2 Å². The van der Waals surface area contributed by atoms with E-state index in [4.69, 9.17) is 4.84 Å². The molecule has 23 heavy (non-hydrogen) atoms. The van der Waals surface area contributed by atoms with Gasteiger partial charge < -0.3 is 10.2 Å². The third kappa shape index (κ3) is 3.18. The molecule has 0 radical (unpaired) electrons. The Morgan fingerprint density at radius 2 is 1.91 bits per heavy atom. The fourth-order valence-corrected chi connectivity index (χ4v) is 2.18. The number of hydrogen-bond acceptors (Lipinski definition) is 3. The molecule has 3 rings (SSSR count). The molecule has 118 valence electrons. The molecule has 0 spiro atoms. The Balaban J connectivity index is 1.68. The fourth-order valence-electron chi connectivity index (χ4n) is 2.18. The molecule has 2 aromatic rings. The summed E-state index contributed by atoms with van der Waals surface area (Å²) in [7, 11) is 0. The monoisotopic (exact) mass is 320 g/mol. The first-order valence-electron chi connectivity index (χ1n) is 6.78. The summed E-state index contributed by atoms with van der Waals surface area (Å²) in [6, 6.07) is 8.77. The van der Waals surface area contributed by atoms with Crippen LogP contribution in [-0.2, 0) is 9.63 Å². The number of nitrogens with zero attached hydrogens (tertiary/aromatic N) is 1. The zero-order chi connectivity index (χ0) is 16.4. The molecule has 0 aliphatic carbocycles. The van der Waals surface area contributed by atoms with Crippen molar-refractivity contribution < 1.29 is 22.8 Å². The van der Waals surface area contributed by atoms with Gasteiger partial charge in [-0.2, -0.15) is 0 Å². The van der Waals surface area contributed by atoms with E-state index < -0.39 is 29.5 Å². The quantitative estimate of drug-likeness (QED) is 0.944. The molecule has 0 saturated heterocycles. The Morgan fingerprint density at radius 1 is 1.13 bits per heavy atom. The Bertz CT molecular complexity index is 793. The number of carbonyl (C=O) groups is 1. The molecule has 4 nitrogen and oxygen atoms in total. The van der Waals surface area contributed by atoms with Gasteiger partial charge in [-0.05, 0) is 18.2 Å². The second-order valence-corrected chi connectivity index (χ2v) is 4.93. The molecule has 7 heteroatoms. The van der Waals surface area contributed by atoms with Crippen molar-refractivity contribution in [2.75, 3.05) is 5.32 Å². The lowest BCUT2D eigenvalue weighted by atomic mass is 10.0. The minimum Gasteiger partial charge on any atom is -0.382 e. The van der Waals surface area contributed by atoms with E-state index in [2.05, 4.69) is 10.5 Å². The van der Waals surface area contributed by atoms with Gasteiger partial charge in [-0.3, -0.25) is 4.79 Å². The molecule has 0 saturated carbocycles. The van der Waals surface area contributed by atoms with E-state index in [0.717, 1.165) is 12.1 Å². The van der Waals surface area contributed by atoms with E-state index in [9.17, 15) is 18.0 Å². The van der Waals surface area contributed by atoms with E-state index in [1.165, 1.54) is 18.2 Å². The predicted molar refractivity (Wildman–Crippen MR) is 77.4 cm³/mol. The van der Waals surface area contributed by atoms with Crippen LogP contribution in [-0.4, -0.2) is 17.7 Å². The molecular weight excluding hydrogens is 309 g/mol. The van der Waals surface area contributed by atoms with Gasteiger partial charge in [-0.1, -0.05) is 23.4 Å². The van der Waals surface area contributed by atoms with Crippen molar-refractivity contribution in [1.82, 2.24) is 0 Å². The van der Waals surface area contributed by atoms with Crippen LogP contribution in [0.15, 0.2) is 47.6 Å². The van der Waals surface area contributed by atoms with Crippen molar-refractivity contribution in [2.24, 2.45) is 5.16 Å². The zero-order valence-electron chi connectivity index (χ0n) is 11.7. The van der Waals surface area contributed by atoms with Gasteiger partial charge >= 0.3 is 0 Å². The van der Waals surface area contributed by atoms with Crippen LogP contribution in [0, 0.1) is 17.5 Å². The average molecular weight is 320 g/mol.